The molecule has 0 aromatic carbocycles. The molecule has 2 unspecified atom stereocenters. The van der Waals surface area contributed by atoms with Crippen molar-refractivity contribution in [2.45, 2.75) is 258 Å². The molecule has 0 aromatic rings. The number of unbranched alkanes of at least 4 members (excludes halogenated alkanes) is 30. The van der Waals surface area contributed by atoms with Crippen molar-refractivity contribution in [2.75, 3.05) is 0 Å². The fourth-order valence-corrected chi connectivity index (χ4v) is 5.98. The van der Waals surface area contributed by atoms with Gasteiger partial charge >= 0.3 is 23.7 Å². The van der Waals surface area contributed by atoms with Gasteiger partial charge < -0.3 is 10.2 Å². The Morgan fingerprint density at radius 2 is 0.455 bits per heavy atom. The van der Waals surface area contributed by atoms with Gasteiger partial charge in [-0.1, -0.05) is 219 Å². The van der Waals surface area contributed by atoms with Gasteiger partial charge in [0.05, 0.1) is 12.2 Å². The van der Waals surface area contributed by atoms with Crippen LogP contribution < -0.4 is 0 Å². The van der Waals surface area contributed by atoms with E-state index in [1.54, 1.807) is 0 Å². The summed E-state index contributed by atoms with van der Waals surface area (Å²) in [7, 11) is 0. The molecule has 3 nitrogen and oxygen atoms in total. The van der Waals surface area contributed by atoms with Crippen LogP contribution in [0.3, 0.4) is 0 Å². The summed E-state index contributed by atoms with van der Waals surface area (Å²) in [5.74, 6) is 0. The third kappa shape index (κ3) is 54.9. The number of aliphatic hydroxyl groups excluding tert-OH is 2. The molecular formula is C40H84O3Ti. The Hall–Kier alpha value is 0.434. The van der Waals surface area contributed by atoms with Gasteiger partial charge in [-0.3, -0.25) is 0 Å². The molecular weight excluding hydrogens is 576 g/mol. The van der Waals surface area contributed by atoms with E-state index in [-0.39, 0.29) is 12.2 Å². The molecule has 0 amide bonds. The third-order valence-electron chi connectivity index (χ3n) is 8.95. The second-order valence-corrected chi connectivity index (χ2v) is 13.9. The molecule has 0 aliphatic heterocycles. The molecule has 0 heterocycles. The van der Waals surface area contributed by atoms with Gasteiger partial charge in [0.2, 0.25) is 0 Å². The van der Waals surface area contributed by atoms with Gasteiger partial charge in [0.1, 0.15) is 0 Å². The van der Waals surface area contributed by atoms with E-state index in [2.05, 4.69) is 13.8 Å². The summed E-state index contributed by atoms with van der Waals surface area (Å²) in [6.07, 6.45) is 47.0. The molecule has 44 heavy (non-hydrogen) atoms. The molecule has 0 spiro atoms. The van der Waals surface area contributed by atoms with Crippen LogP contribution in [-0.2, 0) is 23.7 Å². The predicted octanol–water partition coefficient (Wildman–Crippen LogP) is 13.9. The average Bonchev–Trinajstić information content (AvgIpc) is 3.01. The molecule has 4 heteroatoms. The van der Waals surface area contributed by atoms with Crippen LogP contribution >= 0.6 is 0 Å². The maximum absolute atomic E-state index is 9.17. The molecule has 0 bridgehead atoms. The zero-order valence-electron chi connectivity index (χ0n) is 31.0. The molecule has 0 aromatic heterocycles. The Kier molecular flexibility index (Phi) is 53.1. The van der Waals surface area contributed by atoms with Crippen LogP contribution in [0.4, 0.5) is 0 Å². The van der Waals surface area contributed by atoms with Gasteiger partial charge in [-0.15, -0.1) is 0 Å². The molecule has 2 atom stereocenters. The van der Waals surface area contributed by atoms with Crippen molar-refractivity contribution in [2.24, 2.45) is 0 Å². The van der Waals surface area contributed by atoms with Gasteiger partial charge in [-0.2, -0.15) is 0 Å². The molecule has 0 radical (unpaired) electrons. The van der Waals surface area contributed by atoms with Crippen LogP contribution in [0, 0.1) is 0 Å². The Labute approximate surface area is 291 Å². The first-order valence-corrected chi connectivity index (χ1v) is 20.7. The summed E-state index contributed by atoms with van der Waals surface area (Å²) in [6.45, 7) is 8.36. The normalized spacial score (nSPS) is 12.2. The van der Waals surface area contributed by atoms with E-state index in [1.165, 1.54) is 205 Å². The van der Waals surface area contributed by atoms with E-state index in [0.29, 0.717) is 0 Å². The van der Waals surface area contributed by atoms with Gasteiger partial charge in [0.25, 0.3) is 0 Å². The molecule has 2 N–H and O–H groups in total. The Bertz CT molecular complexity index is 418. The van der Waals surface area contributed by atoms with E-state index in [4.69, 9.17) is 13.5 Å². The van der Waals surface area contributed by atoms with Crippen molar-refractivity contribution >= 4 is 0 Å². The summed E-state index contributed by atoms with van der Waals surface area (Å²) in [6, 6.07) is 0. The van der Waals surface area contributed by atoms with Crippen LogP contribution in [0.5, 0.6) is 0 Å². The van der Waals surface area contributed by atoms with E-state index in [1.807, 2.05) is 13.8 Å². The zero-order valence-corrected chi connectivity index (χ0v) is 32.6. The third-order valence-corrected chi connectivity index (χ3v) is 8.95. The van der Waals surface area contributed by atoms with Crippen molar-refractivity contribution in [3.8, 4) is 0 Å². The first kappa shape index (κ1) is 48.8. The predicted molar refractivity (Wildman–Crippen MR) is 192 cm³/mol. The summed E-state index contributed by atoms with van der Waals surface area (Å²) in [4.78, 5) is 0. The van der Waals surface area contributed by atoms with E-state index in [9.17, 15) is 0 Å². The number of hydrogen-bond donors (Lipinski definition) is 2. The molecule has 0 saturated heterocycles. The first-order valence-electron chi connectivity index (χ1n) is 20.1. The molecule has 0 aliphatic carbocycles. The van der Waals surface area contributed by atoms with Crippen molar-refractivity contribution in [3.63, 3.8) is 0 Å². The maximum atomic E-state index is 9.17. The zero-order chi connectivity index (χ0) is 33.2. The monoisotopic (exact) mass is 661 g/mol. The Morgan fingerprint density at radius 1 is 0.318 bits per heavy atom. The van der Waals surface area contributed by atoms with Crippen molar-refractivity contribution < 1.29 is 33.9 Å². The van der Waals surface area contributed by atoms with E-state index in [0.717, 1.165) is 33.2 Å². The second-order valence-electron chi connectivity index (χ2n) is 13.9. The van der Waals surface area contributed by atoms with Gasteiger partial charge in [0.15, 0.2) is 0 Å². The fourth-order valence-electron chi connectivity index (χ4n) is 5.98. The van der Waals surface area contributed by atoms with Gasteiger partial charge in [0, 0.05) is 0 Å². The fraction of sp³-hybridized carbons (Fsp3) is 1.00. The first-order chi connectivity index (χ1) is 21.5. The number of rotatable bonds is 34. The van der Waals surface area contributed by atoms with Crippen LogP contribution in [0.15, 0.2) is 0 Å². The van der Waals surface area contributed by atoms with E-state index < -0.39 is 0 Å². The summed E-state index contributed by atoms with van der Waals surface area (Å²) in [5, 5.41) is 18.3. The van der Waals surface area contributed by atoms with Crippen molar-refractivity contribution in [1.82, 2.24) is 0 Å². The molecule has 0 rings (SSSR count). The Balaban J connectivity index is -0.000000723. The minimum atomic E-state index is -0.100. The minimum absolute atomic E-state index is 0.100. The van der Waals surface area contributed by atoms with E-state index >= 15 is 0 Å². The second kappa shape index (κ2) is 47.8. The van der Waals surface area contributed by atoms with Crippen molar-refractivity contribution in [1.29, 1.82) is 0 Å². The van der Waals surface area contributed by atoms with Crippen molar-refractivity contribution in [3.05, 3.63) is 0 Å². The average molecular weight is 661 g/mol. The molecule has 0 fully saturated rings. The molecule has 266 valence electrons. The van der Waals surface area contributed by atoms with Crippen LogP contribution in [-0.4, -0.2) is 22.4 Å². The van der Waals surface area contributed by atoms with Crippen LogP contribution in [0.25, 0.3) is 0 Å². The summed E-state index contributed by atoms with van der Waals surface area (Å²) in [5.41, 5.74) is 0. The van der Waals surface area contributed by atoms with Crippen LogP contribution in [0.1, 0.15) is 246 Å². The molecule has 0 aliphatic rings. The summed E-state index contributed by atoms with van der Waals surface area (Å²) < 4.78 is 8.25. The number of aliphatic hydroxyl groups is 2. The van der Waals surface area contributed by atoms with Crippen LogP contribution in [0.2, 0.25) is 0 Å². The summed E-state index contributed by atoms with van der Waals surface area (Å²) >= 11 is 0.750. The topological polar surface area (TPSA) is 57.5 Å². The molecule has 0 saturated carbocycles. The van der Waals surface area contributed by atoms with Gasteiger partial charge in [-0.25, -0.2) is 0 Å². The van der Waals surface area contributed by atoms with Gasteiger partial charge in [-0.05, 0) is 26.7 Å². The Morgan fingerprint density at radius 3 is 0.591 bits per heavy atom. The SMILES string of the molecule is CCCCCCCCCCCCCCCCCCC(C)O.CCCCCCCCCCCCCCCCCCC(C)O.[O]=[Ti]. The quantitative estimate of drug-likeness (QED) is 0.0533. The standard InChI is InChI=1S/2C20H42O.O.Ti/c2*1-3-4-5-6-7-8-9-10-11-12-13-14-15-16-17-18-19-20(2)21;;/h2*20-21H,3-19H2,1-2H3;;. The number of hydrogen-bond acceptors (Lipinski definition) is 3.